The van der Waals surface area contributed by atoms with Crippen molar-refractivity contribution < 1.29 is 66.7 Å². The molecule has 1 aliphatic carbocycles. The average Bonchev–Trinajstić information content (AvgIpc) is 1.46. The molecule has 0 unspecified atom stereocenters. The van der Waals surface area contributed by atoms with Crippen molar-refractivity contribution in [1.82, 2.24) is 0 Å². The Balaban J connectivity index is -0.000000346. The molecule has 138 heavy (non-hydrogen) atoms. The molecule has 0 saturated heterocycles. The van der Waals surface area contributed by atoms with Crippen LogP contribution in [0.5, 0.6) is 5.75 Å². The molecule has 0 radical (unpaired) electrons. The number of ketones is 1. The lowest BCUT2D eigenvalue weighted by atomic mass is 9.71. The molecule has 762 valence electrons. The van der Waals surface area contributed by atoms with Gasteiger partial charge in [0.15, 0.2) is 0 Å². The third kappa shape index (κ3) is 79.5. The second-order valence-electron chi connectivity index (χ2n) is 37.6. The van der Waals surface area contributed by atoms with Crippen molar-refractivity contribution >= 4 is 59.7 Å². The van der Waals surface area contributed by atoms with Crippen LogP contribution in [-0.4, -0.2) is 92.2 Å². The first-order valence-corrected chi connectivity index (χ1v) is 53.2. The van der Waals surface area contributed by atoms with Gasteiger partial charge in [0, 0.05) is 63.5 Å². The third-order valence-corrected chi connectivity index (χ3v) is 25.3. The summed E-state index contributed by atoms with van der Waals surface area (Å²) >= 11 is 0. The van der Waals surface area contributed by atoms with Gasteiger partial charge in [0.1, 0.15) is 43.6 Å². The minimum absolute atomic E-state index is 0. The Bertz CT molecular complexity index is 4480. The van der Waals surface area contributed by atoms with Gasteiger partial charge in [-0.3, -0.25) is 28.8 Å². The van der Waals surface area contributed by atoms with Crippen LogP contribution >= 0.6 is 0 Å². The summed E-state index contributed by atoms with van der Waals surface area (Å²) in [4.78, 5) is 71.1. The molecule has 0 saturated carbocycles. The summed E-state index contributed by atoms with van der Waals surface area (Å²) in [6.07, 6.45) is 9.32. The molecule has 10 aromatic carbocycles. The number of ether oxygens (including phenoxy) is 7. The van der Waals surface area contributed by atoms with Crippen molar-refractivity contribution in [3.05, 3.63) is 366 Å². The van der Waals surface area contributed by atoms with Crippen LogP contribution in [0.2, 0.25) is 35.8 Å². The van der Waals surface area contributed by atoms with E-state index < -0.39 is 8.07 Å². The van der Waals surface area contributed by atoms with Gasteiger partial charge in [0.25, 0.3) is 6.47 Å². The molecule has 0 spiro atoms. The lowest BCUT2D eigenvalue weighted by molar-refractivity contribution is -0.152. The van der Waals surface area contributed by atoms with Crippen molar-refractivity contribution in [2.24, 2.45) is 5.41 Å². The molecule has 0 aliphatic heterocycles. The first-order chi connectivity index (χ1) is 64.4. The van der Waals surface area contributed by atoms with Gasteiger partial charge in [0.05, 0.1) is 13.7 Å². The van der Waals surface area contributed by atoms with Gasteiger partial charge in [-0.15, -0.1) is 6.58 Å². The van der Waals surface area contributed by atoms with E-state index in [0.717, 1.165) is 42.2 Å². The van der Waals surface area contributed by atoms with Crippen LogP contribution in [0, 0.1) is 12.3 Å². The first kappa shape index (κ1) is 137. The average molecular weight is 1930 g/mol. The molecular formula is C122H182O14Si2. The second kappa shape index (κ2) is 82.5. The van der Waals surface area contributed by atoms with Gasteiger partial charge in [-0.2, -0.15) is 0 Å². The smallest absolute Gasteiger partial charge is 0.303 e. The standard InChI is InChI=1S/C20H18.C16H14O2.C9H10O2.C9H12O.C8H18O2Si.C8H8O2.C8H10.C7H18Si.C7H8.C6H12O2.C5H8O2.C5H12.C5H10.C3H6O.C3H8.C2H6.CH4/c1-20(17-11-5-2-6-12-17,18-13-7-3-8-14-18)19-15-9-4-10-16-19;1-11(17)18-10-16-14-8-4-2-6-12(14)13-7-3-5-9-15(13)16;1-8(10)11-7-9-5-3-2-4-6-9;1-3-8-4-6-9(10-2)7-5-8;1-7(9)10-5-6-11-8(2,3)4;9-7-10-6-8-4-2-1-3-5-8;1-2-8-6-4-3-5-7-8;1-7(2,3)8(4,5)6;1-7-5-3-2-4-6-7;1-5(7)8-6(2,3)4;1-3-4-7-5(2)6;1-5(2,3)4;1-3-5-4-2;1-3(2)4;1-3-2;1-2;/h2-16H,1H3;2-9,16H,10H2,1H3;2-6H,7H2,1H3;4-7H,3H2,1-2H3;5-6,11H2,1-4H3;1-5,7H,6H2;3-7H,2H2,1H3;1-6H3;2-6H,1H3;1-4H3;3H,1,4H2,2H3;1-4H3;3H,1,4-5H2,2H3;1-2H3;3H2,1-2H3;1-2H3;1H4. The monoisotopic (exact) mass is 1930 g/mol. The number of fused-ring (bicyclic) bond motifs is 3. The molecule has 0 atom stereocenters. The fraction of sp³-hybridized carbons (Fsp3) is 0.418. The first-order valence-electron chi connectivity index (χ1n) is 48.0. The number of allylic oxidation sites excluding steroid dienone is 1. The number of hydrogen-bond donors (Lipinski definition) is 0. The highest BCUT2D eigenvalue weighted by atomic mass is 28.3. The Kier molecular flexibility index (Phi) is 81.9. The lowest BCUT2D eigenvalue weighted by Crippen LogP contribution is -2.32. The largest absolute Gasteiger partial charge is 0.497 e. The highest BCUT2D eigenvalue weighted by Gasteiger charge is 2.32. The molecule has 14 nitrogen and oxygen atoms in total. The molecule has 0 fully saturated rings. The Morgan fingerprint density at radius 3 is 0.964 bits per heavy atom. The zero-order valence-corrected chi connectivity index (χ0v) is 93.0. The van der Waals surface area contributed by atoms with Gasteiger partial charge in [0.2, 0.25) is 0 Å². The van der Waals surface area contributed by atoms with Gasteiger partial charge < -0.3 is 38.0 Å². The molecule has 0 amide bonds. The zero-order chi connectivity index (χ0) is 105. The molecular weight excluding hydrogens is 1750 g/mol. The number of Topliss-reactive ketones (excluding diaryl/α,β-unsaturated/α-hetero) is 1. The fourth-order valence-electron chi connectivity index (χ4n) is 10.7. The maximum Gasteiger partial charge on any atom is 0.303 e. The second-order valence-corrected chi connectivity index (χ2v) is 46.9. The summed E-state index contributed by atoms with van der Waals surface area (Å²) in [5, 5.41) is 1.06. The predicted octanol–water partition coefficient (Wildman–Crippen LogP) is 32.3. The van der Waals surface area contributed by atoms with E-state index in [1.807, 2.05) is 162 Å². The normalized spacial score (nSPS) is 10.2. The van der Waals surface area contributed by atoms with Crippen molar-refractivity contribution in [1.29, 1.82) is 0 Å². The van der Waals surface area contributed by atoms with Crippen LogP contribution in [0.25, 0.3) is 11.1 Å². The van der Waals surface area contributed by atoms with E-state index in [9.17, 15) is 33.6 Å². The molecule has 0 heterocycles. The van der Waals surface area contributed by atoms with E-state index in [2.05, 4.69) is 324 Å². The number of carbonyl (C=O) groups excluding carboxylic acids is 7. The van der Waals surface area contributed by atoms with E-state index in [1.54, 1.807) is 7.11 Å². The summed E-state index contributed by atoms with van der Waals surface area (Å²) in [6.45, 7) is 73.9. The minimum Gasteiger partial charge on any atom is -0.497 e. The van der Waals surface area contributed by atoms with Gasteiger partial charge >= 0.3 is 29.8 Å². The maximum absolute atomic E-state index is 11.0. The number of unbranched alkanes of at least 4 members (excludes halogenated alkanes) is 1. The number of benzene rings is 10. The van der Waals surface area contributed by atoms with Gasteiger partial charge in [-0.25, -0.2) is 0 Å². The highest BCUT2D eigenvalue weighted by molar-refractivity contribution is 6.78. The number of hydrogen-bond acceptors (Lipinski definition) is 14. The number of rotatable bonds is 20. The molecule has 0 aromatic heterocycles. The molecule has 16 heteroatoms. The van der Waals surface area contributed by atoms with E-state index in [0.29, 0.717) is 55.0 Å². The topological polar surface area (TPSA) is 184 Å². The van der Waals surface area contributed by atoms with E-state index >= 15 is 0 Å². The molecule has 1 aliphatic rings. The minimum atomic E-state index is -0.859. The van der Waals surface area contributed by atoms with Crippen molar-refractivity contribution in [2.45, 2.75) is 306 Å². The third-order valence-electron chi connectivity index (χ3n) is 18.6. The van der Waals surface area contributed by atoms with E-state index in [-0.39, 0.29) is 69.5 Å². The predicted molar refractivity (Wildman–Crippen MR) is 596 cm³/mol. The Hall–Kier alpha value is -11.6. The maximum atomic E-state index is 11.0. The summed E-state index contributed by atoms with van der Waals surface area (Å²) < 4.78 is 33.6. The van der Waals surface area contributed by atoms with Crippen LogP contribution in [0.4, 0.5) is 0 Å². The van der Waals surface area contributed by atoms with Crippen molar-refractivity contribution in [2.75, 3.05) is 26.9 Å². The van der Waals surface area contributed by atoms with Crippen LogP contribution < -0.4 is 4.74 Å². The number of aryl methyl sites for hydroxylation is 3. The Labute approximate surface area is 842 Å². The van der Waals surface area contributed by atoms with Crippen LogP contribution in [0.3, 0.4) is 0 Å². The van der Waals surface area contributed by atoms with E-state index in [1.165, 1.54) is 123 Å². The van der Waals surface area contributed by atoms with Crippen LogP contribution in [-0.2, 0) is 93.5 Å². The molecule has 10 aromatic rings. The van der Waals surface area contributed by atoms with Crippen LogP contribution in [0.15, 0.2) is 310 Å². The van der Waals surface area contributed by atoms with Gasteiger partial charge in [-0.05, 0) is 163 Å². The summed E-state index contributed by atoms with van der Waals surface area (Å²) in [6, 6.07) is 97.9. The Morgan fingerprint density at radius 1 is 0.413 bits per heavy atom. The SMILES string of the molecule is C.C=CCCC.C=CCOC(C)=O.CC.CC(=O)OC(C)(C)C.CC(=O)OCC1c2ccccc2-c2ccccc21.CC(=O)OCC[SiH2]C(C)(C)C.CC(=O)OCc1ccccc1.CC(C)(C)C.CC(C)(C)[Si](C)(C)C.CC(C)=O.CC(c1ccccc1)(c1ccccc1)c1ccccc1.CCC.CCc1ccc(OC)cc1.CCc1ccccc1.Cc1ccccc1.O=COCc1ccccc1. The quantitative estimate of drug-likeness (QED) is 0.0133. The fourth-order valence-corrected chi connectivity index (χ4v) is 12.0. The van der Waals surface area contributed by atoms with Crippen molar-refractivity contribution in [3.63, 3.8) is 0 Å². The van der Waals surface area contributed by atoms with E-state index in [4.69, 9.17) is 23.7 Å². The number of carbonyl (C=O) groups is 7. The zero-order valence-electron chi connectivity index (χ0n) is 90.6. The summed E-state index contributed by atoms with van der Waals surface area (Å²) in [5.74, 6) is 0.148. The molecule has 0 bridgehead atoms. The van der Waals surface area contributed by atoms with Crippen molar-refractivity contribution in [3.8, 4) is 16.9 Å². The summed E-state index contributed by atoms with van der Waals surface area (Å²) in [7, 11) is 0.752. The lowest BCUT2D eigenvalue weighted by Gasteiger charge is -2.32. The molecule has 0 N–H and O–H groups in total. The van der Waals surface area contributed by atoms with Gasteiger partial charge in [-0.1, -0.05) is 455 Å². The van der Waals surface area contributed by atoms with Crippen LogP contribution in [0.1, 0.15) is 282 Å². The molecule has 11 rings (SSSR count). The number of esters is 5. The summed E-state index contributed by atoms with van der Waals surface area (Å²) in [5.41, 5.74) is 15.1. The number of methoxy groups -OCH3 is 1. The highest BCUT2D eigenvalue weighted by Crippen LogP contribution is 2.45. The Morgan fingerprint density at radius 2 is 0.725 bits per heavy atom.